The number of amides is 2. The van der Waals surface area contributed by atoms with Gasteiger partial charge in [-0.3, -0.25) is 24.0 Å². The zero-order valence-corrected chi connectivity index (χ0v) is 27.3. The predicted molar refractivity (Wildman–Crippen MR) is 163 cm³/mol. The second-order valence-corrected chi connectivity index (χ2v) is 16.8. The van der Waals surface area contributed by atoms with Crippen molar-refractivity contribution < 1.29 is 33.1 Å². The van der Waals surface area contributed by atoms with Crippen LogP contribution >= 0.6 is 0 Å². The fraction of sp³-hybridized carbons (Fsp3) is 0.645. The van der Waals surface area contributed by atoms with Crippen LogP contribution in [0.3, 0.4) is 0 Å². The van der Waals surface area contributed by atoms with Gasteiger partial charge in [0.15, 0.2) is 14.1 Å². The first-order chi connectivity index (χ1) is 19.1. The van der Waals surface area contributed by atoms with Crippen molar-refractivity contribution in [3.63, 3.8) is 0 Å². The number of hydrogen-bond donors (Lipinski definition) is 1. The molecule has 1 aromatic rings. The summed E-state index contributed by atoms with van der Waals surface area (Å²) in [5, 5.41) is 2.63. The van der Waals surface area contributed by atoms with Crippen LogP contribution in [0.2, 0.25) is 18.1 Å². The predicted octanol–water partition coefficient (Wildman–Crippen LogP) is 5.28. The third-order valence-corrected chi connectivity index (χ3v) is 12.1. The second-order valence-electron chi connectivity index (χ2n) is 12.0. The minimum absolute atomic E-state index is 0.0000238. The van der Waals surface area contributed by atoms with Crippen LogP contribution in [-0.4, -0.2) is 58.4 Å². The number of carbonyl (C=O) groups is 5. The number of hydrogen-bond acceptors (Lipinski definition) is 7. The number of unbranched alkanes of at least 4 members (excludes halogenated alkanes) is 1. The Bertz CT molecular complexity index is 1060. The Balaban J connectivity index is 2.51. The Morgan fingerprint density at radius 3 is 2.07 bits per heavy atom. The molecule has 1 rings (SSSR count). The van der Waals surface area contributed by atoms with Crippen LogP contribution in [0.5, 0.6) is 0 Å². The number of benzene rings is 1. The van der Waals surface area contributed by atoms with Gasteiger partial charge >= 0.3 is 5.97 Å². The normalized spacial score (nSPS) is 11.6. The summed E-state index contributed by atoms with van der Waals surface area (Å²) in [6.07, 6.45) is 2.63. The highest BCUT2D eigenvalue weighted by molar-refractivity contribution is 6.74. The van der Waals surface area contributed by atoms with Crippen LogP contribution in [0.15, 0.2) is 18.2 Å². The molecular weight excluding hydrogens is 540 g/mol. The molecule has 0 fully saturated rings. The minimum atomic E-state index is -1.92. The van der Waals surface area contributed by atoms with Crippen molar-refractivity contribution in [1.29, 1.82) is 0 Å². The van der Waals surface area contributed by atoms with Crippen molar-refractivity contribution in [3.05, 3.63) is 29.3 Å². The lowest BCUT2D eigenvalue weighted by Crippen LogP contribution is -2.40. The van der Waals surface area contributed by atoms with Gasteiger partial charge in [-0.15, -0.1) is 0 Å². The van der Waals surface area contributed by atoms with E-state index in [4.69, 9.17) is 4.43 Å². The van der Waals surface area contributed by atoms with Gasteiger partial charge in [-0.05, 0) is 60.7 Å². The Morgan fingerprint density at radius 1 is 0.854 bits per heavy atom. The Kier molecular flexibility index (Phi) is 15.2. The van der Waals surface area contributed by atoms with Crippen molar-refractivity contribution in [2.75, 3.05) is 25.6 Å². The number of carbonyl (C=O) groups excluding carboxylic acids is 5. The molecule has 0 spiro atoms. The Labute approximate surface area is 246 Å². The zero-order chi connectivity index (χ0) is 31.2. The summed E-state index contributed by atoms with van der Waals surface area (Å²) in [5.74, 6) is -1.19. The van der Waals surface area contributed by atoms with E-state index in [2.05, 4.69) is 56.9 Å². The standard InChI is InChI=1S/C31H50N2O7Si/c1-9-23-18-24(22-40-41(7,8)31(2,3)4)20-25(19-23)33(5)29(37)17-15-27(35)21-32-28(36)16-14-26(34)12-10-11-13-30(38)39-6/h18-20H,9-17,21-22H2,1-8H3,(H,32,36). The quantitative estimate of drug-likeness (QED) is 0.140. The van der Waals surface area contributed by atoms with Gasteiger partial charge in [0, 0.05) is 51.3 Å². The maximum absolute atomic E-state index is 12.9. The third kappa shape index (κ3) is 13.6. The monoisotopic (exact) mass is 590 g/mol. The maximum Gasteiger partial charge on any atom is 0.305 e. The summed E-state index contributed by atoms with van der Waals surface area (Å²) >= 11 is 0. The van der Waals surface area contributed by atoms with Gasteiger partial charge in [0.2, 0.25) is 11.8 Å². The van der Waals surface area contributed by atoms with E-state index in [1.165, 1.54) is 7.11 Å². The molecule has 0 heterocycles. The van der Waals surface area contributed by atoms with Gasteiger partial charge in [0.25, 0.3) is 0 Å². The first kappa shape index (κ1) is 36.2. The molecule has 9 nitrogen and oxygen atoms in total. The van der Waals surface area contributed by atoms with Crippen molar-refractivity contribution in [2.45, 2.75) is 110 Å². The fourth-order valence-electron chi connectivity index (χ4n) is 3.71. The molecule has 0 unspecified atom stereocenters. The van der Waals surface area contributed by atoms with E-state index in [1.807, 2.05) is 12.1 Å². The summed E-state index contributed by atoms with van der Waals surface area (Å²) in [5.41, 5.74) is 2.88. The number of rotatable bonds is 18. The number of nitrogens with one attached hydrogen (secondary N) is 1. The summed E-state index contributed by atoms with van der Waals surface area (Å²) in [7, 11) is 1.10. The van der Waals surface area contributed by atoms with Crippen LogP contribution in [0, 0.1) is 0 Å². The topological polar surface area (TPSA) is 119 Å². The first-order valence-electron chi connectivity index (χ1n) is 14.5. The summed E-state index contributed by atoms with van der Waals surface area (Å²) < 4.78 is 10.9. The zero-order valence-electron chi connectivity index (χ0n) is 26.3. The molecule has 0 aliphatic heterocycles. The lowest BCUT2D eigenvalue weighted by Gasteiger charge is -2.36. The van der Waals surface area contributed by atoms with Gasteiger partial charge in [-0.2, -0.15) is 0 Å². The lowest BCUT2D eigenvalue weighted by molar-refractivity contribution is -0.140. The number of methoxy groups -OCH3 is 1. The molecule has 0 bridgehead atoms. The van der Waals surface area contributed by atoms with Crippen molar-refractivity contribution in [3.8, 4) is 0 Å². The van der Waals surface area contributed by atoms with Gasteiger partial charge in [0.05, 0.1) is 20.3 Å². The van der Waals surface area contributed by atoms with E-state index >= 15 is 0 Å². The van der Waals surface area contributed by atoms with Crippen LogP contribution < -0.4 is 10.2 Å². The Morgan fingerprint density at radius 2 is 1.46 bits per heavy atom. The number of aryl methyl sites for hydroxylation is 1. The number of ketones is 2. The summed E-state index contributed by atoms with van der Waals surface area (Å²) in [6, 6.07) is 6.06. The fourth-order valence-corrected chi connectivity index (χ4v) is 4.67. The SMILES string of the molecule is CCc1cc(CO[Si](C)(C)C(C)(C)C)cc(N(C)C(=O)CCC(=O)CNC(=O)CCC(=O)CCCCC(=O)OC)c1. The van der Waals surface area contributed by atoms with E-state index in [0.29, 0.717) is 25.9 Å². The van der Waals surface area contributed by atoms with Crippen molar-refractivity contribution in [1.82, 2.24) is 5.32 Å². The van der Waals surface area contributed by atoms with E-state index in [-0.39, 0.29) is 73.0 Å². The Hall–Kier alpha value is -2.85. The van der Waals surface area contributed by atoms with Crippen molar-refractivity contribution in [2.24, 2.45) is 0 Å². The molecule has 41 heavy (non-hydrogen) atoms. The highest BCUT2D eigenvalue weighted by Gasteiger charge is 2.37. The van der Waals surface area contributed by atoms with Gasteiger partial charge in [0.1, 0.15) is 5.78 Å². The van der Waals surface area contributed by atoms with Gasteiger partial charge < -0.3 is 19.4 Å². The van der Waals surface area contributed by atoms with E-state index < -0.39 is 8.32 Å². The number of esters is 1. The van der Waals surface area contributed by atoms with E-state index in [0.717, 1.165) is 23.2 Å². The van der Waals surface area contributed by atoms with E-state index in [9.17, 15) is 24.0 Å². The molecular formula is C31H50N2O7Si. The molecule has 0 aliphatic carbocycles. The van der Waals surface area contributed by atoms with Crippen LogP contribution in [-0.2, 0) is 46.2 Å². The van der Waals surface area contributed by atoms with Crippen molar-refractivity contribution >= 4 is 43.4 Å². The van der Waals surface area contributed by atoms with Gasteiger partial charge in [-0.1, -0.05) is 33.8 Å². The highest BCUT2D eigenvalue weighted by Crippen LogP contribution is 2.37. The third-order valence-electron chi connectivity index (χ3n) is 7.66. The maximum atomic E-state index is 12.9. The smallest absolute Gasteiger partial charge is 0.305 e. The number of anilines is 1. The average Bonchev–Trinajstić information content (AvgIpc) is 2.93. The molecule has 0 atom stereocenters. The largest absolute Gasteiger partial charge is 0.469 e. The lowest BCUT2D eigenvalue weighted by atomic mass is 10.1. The molecule has 0 radical (unpaired) electrons. The summed E-state index contributed by atoms with van der Waals surface area (Å²) in [4.78, 5) is 61.8. The van der Waals surface area contributed by atoms with Crippen LogP contribution in [0.1, 0.15) is 90.2 Å². The molecule has 1 aromatic carbocycles. The number of ether oxygens (including phenoxy) is 1. The molecule has 0 saturated heterocycles. The molecule has 0 aromatic heterocycles. The molecule has 10 heteroatoms. The van der Waals surface area contributed by atoms with Crippen LogP contribution in [0.4, 0.5) is 5.69 Å². The number of nitrogens with zero attached hydrogens (tertiary/aromatic N) is 1. The van der Waals surface area contributed by atoms with Crippen LogP contribution in [0.25, 0.3) is 0 Å². The molecule has 0 aliphatic rings. The first-order valence-corrected chi connectivity index (χ1v) is 17.4. The second kappa shape index (κ2) is 17.2. The van der Waals surface area contributed by atoms with E-state index in [1.54, 1.807) is 11.9 Å². The summed E-state index contributed by atoms with van der Waals surface area (Å²) in [6.45, 7) is 13.4. The minimum Gasteiger partial charge on any atom is -0.469 e. The molecule has 2 amide bonds. The molecule has 1 N–H and O–H groups in total. The molecule has 230 valence electrons. The van der Waals surface area contributed by atoms with Gasteiger partial charge in [-0.25, -0.2) is 0 Å². The average molecular weight is 591 g/mol. The molecule has 0 saturated carbocycles. The number of Topliss-reactive ketones (excluding diaryl/α,β-unsaturated/α-hetero) is 2. The highest BCUT2D eigenvalue weighted by atomic mass is 28.4.